The van der Waals surface area contributed by atoms with Crippen LogP contribution in [0.3, 0.4) is 0 Å². The number of rotatable bonds is 14. The maximum Gasteiger partial charge on any atom is 0.119 e. The van der Waals surface area contributed by atoms with Gasteiger partial charge in [0.2, 0.25) is 0 Å². The minimum atomic E-state index is 0.571. The predicted molar refractivity (Wildman–Crippen MR) is 107 cm³/mol. The van der Waals surface area contributed by atoms with Crippen LogP contribution in [0.2, 0.25) is 0 Å². The van der Waals surface area contributed by atoms with Gasteiger partial charge in [-0.3, -0.25) is 0 Å². The summed E-state index contributed by atoms with van der Waals surface area (Å²) < 4.78 is 23.4. The van der Waals surface area contributed by atoms with E-state index in [4.69, 9.17) is 18.9 Å². The molecule has 0 atom stereocenters. The van der Waals surface area contributed by atoms with E-state index in [0.717, 1.165) is 29.1 Å². The predicted octanol–water partition coefficient (Wildman–Crippen LogP) is 3.25. The molecule has 0 fully saturated rings. The summed E-state index contributed by atoms with van der Waals surface area (Å²) in [7, 11) is 4.38. The number of hydrogen-bond acceptors (Lipinski definition) is 4. The van der Waals surface area contributed by atoms with Crippen molar-refractivity contribution in [2.75, 3.05) is 66.8 Å². The van der Waals surface area contributed by atoms with Crippen LogP contribution < -0.4 is 9.47 Å². The van der Waals surface area contributed by atoms with Crippen LogP contribution in [0.15, 0.2) is 60.7 Å². The van der Waals surface area contributed by atoms with Crippen molar-refractivity contribution in [2.45, 2.75) is 0 Å². The molecule has 0 aliphatic carbocycles. The van der Waals surface area contributed by atoms with Gasteiger partial charge in [-0.05, 0) is 24.3 Å². The Kier molecular flexibility index (Phi) is 9.69. The van der Waals surface area contributed by atoms with E-state index in [-0.39, 0.29) is 0 Å². The van der Waals surface area contributed by atoms with Crippen molar-refractivity contribution in [1.29, 1.82) is 0 Å². The van der Waals surface area contributed by atoms with Crippen LogP contribution in [0.1, 0.15) is 0 Å². The third-order valence-corrected chi connectivity index (χ3v) is 4.16. The largest absolute Gasteiger partial charge is 0.491 e. The van der Waals surface area contributed by atoms with E-state index < -0.39 is 0 Å². The highest BCUT2D eigenvalue weighted by Crippen LogP contribution is 2.08. The number of nitrogens with zero attached hydrogens (tertiary/aromatic N) is 1. The number of ether oxygens (including phenoxy) is 4. The van der Waals surface area contributed by atoms with Gasteiger partial charge >= 0.3 is 0 Å². The summed E-state index contributed by atoms with van der Waals surface area (Å²) in [5.74, 6) is 1.76. The maximum atomic E-state index is 5.68. The lowest BCUT2D eigenvalue weighted by atomic mass is 10.3. The Hall–Kier alpha value is -2.08. The average Bonchev–Trinajstić information content (AvgIpc) is 2.69. The van der Waals surface area contributed by atoms with E-state index in [0.29, 0.717) is 39.6 Å². The van der Waals surface area contributed by atoms with Gasteiger partial charge in [0.1, 0.15) is 37.8 Å². The highest BCUT2D eigenvalue weighted by atomic mass is 16.5. The Labute approximate surface area is 163 Å². The first kappa shape index (κ1) is 21.2. The molecule has 2 rings (SSSR count). The molecule has 0 heterocycles. The van der Waals surface area contributed by atoms with Gasteiger partial charge in [0.25, 0.3) is 0 Å². The van der Waals surface area contributed by atoms with Crippen LogP contribution in [0.25, 0.3) is 0 Å². The van der Waals surface area contributed by atoms with E-state index in [2.05, 4.69) is 14.1 Å². The van der Waals surface area contributed by atoms with Crippen molar-refractivity contribution in [2.24, 2.45) is 0 Å². The van der Waals surface area contributed by atoms with E-state index in [1.807, 2.05) is 60.7 Å². The molecule has 0 unspecified atom stereocenters. The molecule has 5 heteroatoms. The zero-order chi connectivity index (χ0) is 19.2. The van der Waals surface area contributed by atoms with Crippen LogP contribution in [0, 0.1) is 0 Å². The Morgan fingerprint density at radius 2 is 0.963 bits per heavy atom. The van der Waals surface area contributed by atoms with Crippen molar-refractivity contribution in [3.8, 4) is 11.5 Å². The molecule has 0 aliphatic rings. The SMILES string of the molecule is C[N+](C)(CCOCCOc1ccccc1)CCOCCOc1ccccc1. The molecule has 2 aromatic carbocycles. The first-order chi connectivity index (χ1) is 13.2. The van der Waals surface area contributed by atoms with Gasteiger partial charge in [0, 0.05) is 0 Å². The summed E-state index contributed by atoms with van der Waals surface area (Å²) >= 11 is 0. The first-order valence-corrected chi connectivity index (χ1v) is 9.49. The summed E-state index contributed by atoms with van der Waals surface area (Å²) in [6.07, 6.45) is 0. The molecule has 0 amide bonds. The summed E-state index contributed by atoms with van der Waals surface area (Å²) in [5.41, 5.74) is 0. The monoisotopic (exact) mass is 374 g/mol. The van der Waals surface area contributed by atoms with Gasteiger partial charge in [-0.1, -0.05) is 36.4 Å². The molecule has 0 N–H and O–H groups in total. The van der Waals surface area contributed by atoms with E-state index in [1.165, 1.54) is 0 Å². The van der Waals surface area contributed by atoms with Crippen molar-refractivity contribution in [3.63, 3.8) is 0 Å². The Bertz CT molecular complexity index is 551. The zero-order valence-corrected chi connectivity index (χ0v) is 16.5. The van der Waals surface area contributed by atoms with Crippen LogP contribution in [0.4, 0.5) is 0 Å². The third-order valence-electron chi connectivity index (χ3n) is 4.16. The normalized spacial score (nSPS) is 11.3. The maximum absolute atomic E-state index is 5.68. The van der Waals surface area contributed by atoms with Crippen LogP contribution in [0.5, 0.6) is 11.5 Å². The molecule has 0 aliphatic heterocycles. The molecule has 0 radical (unpaired) electrons. The standard InChI is InChI=1S/C22H32NO4/c1-23(2,13-15-24-17-19-26-21-9-5-3-6-10-21)14-16-25-18-20-27-22-11-7-4-8-12-22/h3-12H,13-20H2,1-2H3/q+1. The molecule has 0 bridgehead atoms. The molecule has 5 nitrogen and oxygen atoms in total. The third kappa shape index (κ3) is 9.99. The van der Waals surface area contributed by atoms with Crippen LogP contribution in [-0.2, 0) is 9.47 Å². The Morgan fingerprint density at radius 3 is 1.37 bits per heavy atom. The van der Waals surface area contributed by atoms with Gasteiger partial charge in [-0.25, -0.2) is 0 Å². The van der Waals surface area contributed by atoms with Crippen molar-refractivity contribution in [3.05, 3.63) is 60.7 Å². The summed E-state index contributed by atoms with van der Waals surface area (Å²) in [6.45, 7) is 5.64. The van der Waals surface area contributed by atoms with Crippen molar-refractivity contribution < 1.29 is 23.4 Å². The zero-order valence-electron chi connectivity index (χ0n) is 16.5. The second-order valence-electron chi connectivity index (χ2n) is 6.93. The van der Waals surface area contributed by atoms with Gasteiger partial charge in [-0.15, -0.1) is 0 Å². The summed E-state index contributed by atoms with van der Waals surface area (Å²) in [6, 6.07) is 19.6. The van der Waals surface area contributed by atoms with E-state index in [1.54, 1.807) is 0 Å². The highest BCUT2D eigenvalue weighted by Gasteiger charge is 2.14. The smallest absolute Gasteiger partial charge is 0.119 e. The summed E-state index contributed by atoms with van der Waals surface area (Å²) in [4.78, 5) is 0. The molecule has 27 heavy (non-hydrogen) atoms. The highest BCUT2D eigenvalue weighted by molar-refractivity contribution is 5.21. The summed E-state index contributed by atoms with van der Waals surface area (Å²) in [5, 5.41) is 0. The average molecular weight is 375 g/mol. The Balaban J connectivity index is 1.43. The second-order valence-corrected chi connectivity index (χ2v) is 6.93. The molecule has 0 saturated carbocycles. The molecule has 0 aromatic heterocycles. The molecule has 2 aromatic rings. The van der Waals surface area contributed by atoms with Gasteiger partial charge < -0.3 is 23.4 Å². The number of benzene rings is 2. The Morgan fingerprint density at radius 1 is 0.556 bits per heavy atom. The molecule has 148 valence electrons. The molecule has 0 spiro atoms. The van der Waals surface area contributed by atoms with Crippen molar-refractivity contribution >= 4 is 0 Å². The first-order valence-electron chi connectivity index (χ1n) is 9.49. The lowest BCUT2D eigenvalue weighted by Crippen LogP contribution is -2.45. The second kappa shape index (κ2) is 12.3. The lowest BCUT2D eigenvalue weighted by molar-refractivity contribution is -0.891. The minimum Gasteiger partial charge on any atom is -0.491 e. The molecular formula is C22H32NO4+. The van der Waals surface area contributed by atoms with Crippen LogP contribution in [-0.4, -0.2) is 71.3 Å². The molecular weight excluding hydrogens is 342 g/mol. The minimum absolute atomic E-state index is 0.571. The molecule has 0 saturated heterocycles. The van der Waals surface area contributed by atoms with Gasteiger partial charge in [0.05, 0.1) is 40.5 Å². The fourth-order valence-corrected chi connectivity index (χ4v) is 2.41. The number of quaternary nitrogens is 1. The lowest BCUT2D eigenvalue weighted by Gasteiger charge is -2.29. The topological polar surface area (TPSA) is 36.9 Å². The quantitative estimate of drug-likeness (QED) is 0.376. The fourth-order valence-electron chi connectivity index (χ4n) is 2.41. The number of hydrogen-bond donors (Lipinski definition) is 0. The van der Waals surface area contributed by atoms with Gasteiger partial charge in [0.15, 0.2) is 0 Å². The van der Waals surface area contributed by atoms with Crippen molar-refractivity contribution in [1.82, 2.24) is 0 Å². The van der Waals surface area contributed by atoms with Gasteiger partial charge in [-0.2, -0.15) is 0 Å². The van der Waals surface area contributed by atoms with E-state index >= 15 is 0 Å². The number of para-hydroxylation sites is 2. The number of likely N-dealkylation sites (N-methyl/N-ethyl adjacent to an activating group) is 1. The van der Waals surface area contributed by atoms with E-state index in [9.17, 15) is 0 Å². The fraction of sp³-hybridized carbons (Fsp3) is 0.455. The van der Waals surface area contributed by atoms with Crippen LogP contribution >= 0.6 is 0 Å².